The number of thiol groups is 1. The lowest BCUT2D eigenvalue weighted by Gasteiger charge is -1.93. The predicted molar refractivity (Wildman–Crippen MR) is 102 cm³/mol. The second-order valence-electron chi connectivity index (χ2n) is 5.36. The Bertz CT molecular complexity index is 516. The largest absolute Gasteiger partial charge is 0.317 e. The predicted octanol–water partition coefficient (Wildman–Crippen LogP) is 4.77. The van der Waals surface area contributed by atoms with Gasteiger partial charge < -0.3 is 5.32 Å². The summed E-state index contributed by atoms with van der Waals surface area (Å²) in [5.74, 6) is 0. The van der Waals surface area contributed by atoms with Gasteiger partial charge in [0.2, 0.25) is 5.12 Å². The minimum Gasteiger partial charge on any atom is -0.317 e. The standard InChI is InChI=1S/C9H12.C7H6OS.C4H9N/c1-2-6-9-7-4-3-5-8-9;8-7(9)6-4-2-1-3-5-6;1-2-4-5-3-1/h3-5,7-8H,2,6H2,1H3;1-5H,(H,8,9);5H,1-4H2. The molecule has 23 heavy (non-hydrogen) atoms. The first kappa shape index (κ1) is 19.5. The fraction of sp³-hybridized carbons (Fsp3) is 0.350. The van der Waals surface area contributed by atoms with Crippen molar-refractivity contribution >= 4 is 17.7 Å². The Kier molecular flexibility index (Phi) is 10.9. The van der Waals surface area contributed by atoms with Crippen LogP contribution in [0.1, 0.15) is 42.1 Å². The molecule has 1 aliphatic rings. The lowest BCUT2D eigenvalue weighted by molar-refractivity contribution is 0.109. The smallest absolute Gasteiger partial charge is 0.216 e. The van der Waals surface area contributed by atoms with Crippen molar-refractivity contribution in [3.63, 3.8) is 0 Å². The highest BCUT2D eigenvalue weighted by Gasteiger charge is 1.94. The Morgan fingerprint density at radius 1 is 0.957 bits per heavy atom. The van der Waals surface area contributed by atoms with Crippen LogP contribution in [0.4, 0.5) is 0 Å². The van der Waals surface area contributed by atoms with Gasteiger partial charge in [0.15, 0.2) is 0 Å². The van der Waals surface area contributed by atoms with Crippen molar-refractivity contribution in [2.24, 2.45) is 0 Å². The quantitative estimate of drug-likeness (QED) is 0.795. The molecule has 0 atom stereocenters. The van der Waals surface area contributed by atoms with E-state index >= 15 is 0 Å². The van der Waals surface area contributed by atoms with E-state index in [1.165, 1.54) is 44.3 Å². The van der Waals surface area contributed by atoms with Crippen molar-refractivity contribution < 1.29 is 4.79 Å². The van der Waals surface area contributed by atoms with Crippen molar-refractivity contribution in [2.75, 3.05) is 13.1 Å². The van der Waals surface area contributed by atoms with Crippen molar-refractivity contribution in [1.82, 2.24) is 5.32 Å². The average Bonchev–Trinajstić information content (AvgIpc) is 3.17. The SMILES string of the molecule is C1CCNC1.CCCc1ccccc1.O=C(S)c1ccccc1. The van der Waals surface area contributed by atoms with Gasteiger partial charge in [-0.3, -0.25) is 4.79 Å². The minimum atomic E-state index is -0.185. The first-order chi connectivity index (χ1) is 11.2. The lowest BCUT2D eigenvalue weighted by Crippen LogP contribution is -2.03. The second kappa shape index (κ2) is 12.9. The van der Waals surface area contributed by atoms with Gasteiger partial charge in [-0.25, -0.2) is 0 Å². The third-order valence-electron chi connectivity index (χ3n) is 3.36. The van der Waals surface area contributed by atoms with E-state index in [1.54, 1.807) is 12.1 Å². The number of hydrogen-bond acceptors (Lipinski definition) is 2. The summed E-state index contributed by atoms with van der Waals surface area (Å²) in [4.78, 5) is 10.5. The van der Waals surface area contributed by atoms with E-state index in [0.717, 1.165) is 0 Å². The number of rotatable bonds is 3. The zero-order valence-electron chi connectivity index (χ0n) is 13.9. The summed E-state index contributed by atoms with van der Waals surface area (Å²) in [6.45, 7) is 4.70. The molecular weight excluding hydrogens is 302 g/mol. The van der Waals surface area contributed by atoms with Gasteiger partial charge >= 0.3 is 0 Å². The molecule has 0 spiro atoms. The molecular formula is C20H27NOS. The van der Waals surface area contributed by atoms with Crippen molar-refractivity contribution in [1.29, 1.82) is 0 Å². The summed E-state index contributed by atoms with van der Waals surface area (Å²) < 4.78 is 0. The van der Waals surface area contributed by atoms with Gasteiger partial charge in [-0.05, 0) is 37.9 Å². The van der Waals surface area contributed by atoms with Crippen LogP contribution in [0.2, 0.25) is 0 Å². The fourth-order valence-corrected chi connectivity index (χ4v) is 2.29. The number of aryl methyl sites for hydroxylation is 1. The van der Waals surface area contributed by atoms with Crippen molar-refractivity contribution in [3.8, 4) is 0 Å². The summed E-state index contributed by atoms with van der Waals surface area (Å²) in [6.07, 6.45) is 5.23. The molecule has 124 valence electrons. The van der Waals surface area contributed by atoms with Crippen LogP contribution in [-0.2, 0) is 6.42 Å². The third-order valence-corrected chi connectivity index (χ3v) is 3.62. The Hall–Kier alpha value is -1.58. The van der Waals surface area contributed by atoms with E-state index in [9.17, 15) is 4.79 Å². The molecule has 0 radical (unpaired) electrons. The van der Waals surface area contributed by atoms with Crippen LogP contribution < -0.4 is 5.32 Å². The van der Waals surface area contributed by atoms with Crippen molar-refractivity contribution in [3.05, 3.63) is 71.8 Å². The highest BCUT2D eigenvalue weighted by atomic mass is 32.1. The van der Waals surface area contributed by atoms with E-state index in [2.05, 4.69) is 55.2 Å². The highest BCUT2D eigenvalue weighted by Crippen LogP contribution is 2.01. The van der Waals surface area contributed by atoms with Gasteiger partial charge in [-0.2, -0.15) is 0 Å². The van der Waals surface area contributed by atoms with Gasteiger partial charge in [0.1, 0.15) is 0 Å². The number of carbonyl (C=O) groups excluding carboxylic acids is 1. The van der Waals surface area contributed by atoms with Crippen LogP contribution in [-0.4, -0.2) is 18.2 Å². The molecule has 1 N–H and O–H groups in total. The molecule has 0 unspecified atom stereocenters. The van der Waals surface area contributed by atoms with Gasteiger partial charge in [0, 0.05) is 5.56 Å². The average molecular weight is 330 g/mol. The molecule has 2 aromatic rings. The van der Waals surface area contributed by atoms with Crippen molar-refractivity contribution in [2.45, 2.75) is 32.6 Å². The number of benzene rings is 2. The molecule has 0 bridgehead atoms. The normalized spacial score (nSPS) is 12.4. The molecule has 2 nitrogen and oxygen atoms in total. The van der Waals surface area contributed by atoms with Crippen LogP contribution in [0, 0.1) is 0 Å². The minimum absolute atomic E-state index is 0.185. The maximum atomic E-state index is 10.5. The highest BCUT2D eigenvalue weighted by molar-refractivity contribution is 7.97. The summed E-state index contributed by atoms with van der Waals surface area (Å²) in [6, 6.07) is 19.5. The first-order valence-corrected chi connectivity index (χ1v) is 8.71. The number of hydrogen-bond donors (Lipinski definition) is 2. The number of nitrogens with one attached hydrogen (secondary N) is 1. The van der Waals surface area contributed by atoms with E-state index in [1.807, 2.05) is 18.2 Å². The molecule has 0 saturated carbocycles. The molecule has 3 rings (SSSR count). The molecule has 1 heterocycles. The Morgan fingerprint density at radius 3 is 1.83 bits per heavy atom. The monoisotopic (exact) mass is 329 g/mol. The van der Waals surface area contributed by atoms with Crippen LogP contribution in [0.25, 0.3) is 0 Å². The molecule has 1 aliphatic heterocycles. The molecule has 0 amide bonds. The van der Waals surface area contributed by atoms with Gasteiger partial charge in [-0.15, -0.1) is 12.6 Å². The first-order valence-electron chi connectivity index (χ1n) is 8.27. The maximum Gasteiger partial charge on any atom is 0.216 e. The molecule has 1 fully saturated rings. The van der Waals surface area contributed by atoms with E-state index in [4.69, 9.17) is 0 Å². The van der Waals surface area contributed by atoms with Gasteiger partial charge in [0.25, 0.3) is 0 Å². The zero-order chi connectivity index (χ0) is 16.8. The second-order valence-corrected chi connectivity index (χ2v) is 5.77. The van der Waals surface area contributed by atoms with Gasteiger partial charge in [-0.1, -0.05) is 74.0 Å². The van der Waals surface area contributed by atoms with Crippen LogP contribution in [0.5, 0.6) is 0 Å². The van der Waals surface area contributed by atoms with Crippen LogP contribution in [0.3, 0.4) is 0 Å². The van der Waals surface area contributed by atoms with Crippen LogP contribution in [0.15, 0.2) is 60.7 Å². The summed E-state index contributed by atoms with van der Waals surface area (Å²) in [5, 5.41) is 3.04. The summed E-state index contributed by atoms with van der Waals surface area (Å²) in [7, 11) is 0. The van der Waals surface area contributed by atoms with E-state index in [0.29, 0.717) is 5.56 Å². The molecule has 0 aliphatic carbocycles. The zero-order valence-corrected chi connectivity index (χ0v) is 14.8. The maximum absolute atomic E-state index is 10.5. The molecule has 2 aromatic carbocycles. The topological polar surface area (TPSA) is 29.1 Å². The van der Waals surface area contributed by atoms with E-state index in [-0.39, 0.29) is 5.12 Å². The lowest BCUT2D eigenvalue weighted by atomic mass is 10.1. The van der Waals surface area contributed by atoms with Gasteiger partial charge in [0.05, 0.1) is 0 Å². The Labute approximate surface area is 145 Å². The molecule has 0 aromatic heterocycles. The Balaban J connectivity index is 0.000000180. The Morgan fingerprint density at radius 2 is 1.48 bits per heavy atom. The van der Waals surface area contributed by atoms with Crippen LogP contribution >= 0.6 is 12.6 Å². The summed E-state index contributed by atoms with van der Waals surface area (Å²) >= 11 is 3.65. The van der Waals surface area contributed by atoms with E-state index < -0.39 is 0 Å². The number of carbonyl (C=O) groups is 1. The molecule has 1 saturated heterocycles. The fourth-order valence-electron chi connectivity index (χ4n) is 2.14. The molecule has 3 heteroatoms. The third kappa shape index (κ3) is 9.93. The summed E-state index contributed by atoms with van der Waals surface area (Å²) in [5.41, 5.74) is 2.08.